The largest absolute Gasteiger partial charge is 0.493 e. The Hall–Kier alpha value is -2.98. The summed E-state index contributed by atoms with van der Waals surface area (Å²) in [5, 5.41) is 2.50. The van der Waals surface area contributed by atoms with E-state index in [0.29, 0.717) is 23.7 Å². The van der Waals surface area contributed by atoms with Gasteiger partial charge >= 0.3 is 12.4 Å². The highest BCUT2D eigenvalue weighted by molar-refractivity contribution is 5.94. The van der Waals surface area contributed by atoms with Gasteiger partial charge in [-0.2, -0.15) is 26.3 Å². The number of benzene rings is 1. The number of nitrogens with zero attached hydrogens (tertiary/aromatic N) is 2. The number of carbonyl (C=O) groups is 1. The second kappa shape index (κ2) is 10.1. The zero-order valence-electron chi connectivity index (χ0n) is 18.6. The van der Waals surface area contributed by atoms with Crippen molar-refractivity contribution in [3.63, 3.8) is 0 Å². The van der Waals surface area contributed by atoms with Gasteiger partial charge < -0.3 is 15.0 Å². The summed E-state index contributed by atoms with van der Waals surface area (Å²) in [5.41, 5.74) is -3.69. The number of methoxy groups -OCH3 is 1. The van der Waals surface area contributed by atoms with Crippen LogP contribution in [0.15, 0.2) is 36.5 Å². The normalized spacial score (nSPS) is 18.9. The molecular weight excluding hydrogens is 464 g/mol. The lowest BCUT2D eigenvalue weighted by Gasteiger charge is -2.35. The summed E-state index contributed by atoms with van der Waals surface area (Å²) in [5.74, 6) is 0.464. The molecule has 0 atom stereocenters. The van der Waals surface area contributed by atoms with Gasteiger partial charge in [0.1, 0.15) is 0 Å². The number of rotatable bonds is 6. The number of anilines is 1. The number of carbonyl (C=O) groups excluding carboxylic acids is 1. The number of pyridine rings is 1. The highest BCUT2D eigenvalue weighted by atomic mass is 19.4. The third-order valence-electron chi connectivity index (χ3n) is 6.07. The molecule has 1 fully saturated rings. The number of aromatic nitrogens is 1. The minimum atomic E-state index is -5.00. The molecule has 0 radical (unpaired) electrons. The van der Waals surface area contributed by atoms with Crippen LogP contribution in [0.5, 0.6) is 5.75 Å². The number of alkyl halides is 6. The lowest BCUT2D eigenvalue weighted by molar-refractivity contribution is -0.143. The summed E-state index contributed by atoms with van der Waals surface area (Å²) in [6, 6.07) is 4.67. The molecule has 5 nitrogen and oxygen atoms in total. The molecule has 1 aromatic carbocycles. The van der Waals surface area contributed by atoms with Crippen molar-refractivity contribution in [3.8, 4) is 5.75 Å². The van der Waals surface area contributed by atoms with E-state index < -0.39 is 35.0 Å². The van der Waals surface area contributed by atoms with Gasteiger partial charge in [0, 0.05) is 31.4 Å². The van der Waals surface area contributed by atoms with Gasteiger partial charge in [-0.1, -0.05) is 0 Å². The Morgan fingerprint density at radius 1 is 1.06 bits per heavy atom. The number of nitrogens with one attached hydrogen (secondary N) is 1. The van der Waals surface area contributed by atoms with Crippen molar-refractivity contribution < 1.29 is 35.9 Å². The van der Waals surface area contributed by atoms with E-state index in [1.54, 1.807) is 19.4 Å². The van der Waals surface area contributed by atoms with E-state index >= 15 is 0 Å². The molecule has 0 spiro atoms. The van der Waals surface area contributed by atoms with Crippen molar-refractivity contribution in [3.05, 3.63) is 53.2 Å². The number of hydrogen-bond donors (Lipinski definition) is 1. The molecule has 186 valence electrons. The first-order valence-electron chi connectivity index (χ1n) is 10.7. The summed E-state index contributed by atoms with van der Waals surface area (Å²) in [6.45, 7) is 0.166. The highest BCUT2D eigenvalue weighted by Gasteiger charge is 2.37. The Morgan fingerprint density at radius 3 is 2.18 bits per heavy atom. The molecule has 1 N–H and O–H groups in total. The van der Waals surface area contributed by atoms with Gasteiger partial charge in [0.15, 0.2) is 11.6 Å². The predicted octanol–water partition coefficient (Wildman–Crippen LogP) is 5.55. The van der Waals surface area contributed by atoms with Crippen LogP contribution in [0.2, 0.25) is 0 Å². The molecule has 1 heterocycles. The summed E-state index contributed by atoms with van der Waals surface area (Å²) in [7, 11) is 3.49. The minimum absolute atomic E-state index is 0.00510. The first-order chi connectivity index (χ1) is 15.9. The third-order valence-corrected chi connectivity index (χ3v) is 6.07. The summed E-state index contributed by atoms with van der Waals surface area (Å²) >= 11 is 0. The quantitative estimate of drug-likeness (QED) is 0.541. The van der Waals surface area contributed by atoms with E-state index in [-0.39, 0.29) is 24.6 Å². The SMILES string of the molecule is COc1cccnc1N(C)[C@H]1CC[C@H](CNC(=O)c2cc(C(F)(F)F)cc(C(F)(F)F)c2)CC1. The average Bonchev–Trinajstić information content (AvgIpc) is 2.81. The molecule has 11 heteroatoms. The van der Waals surface area contributed by atoms with E-state index in [2.05, 4.69) is 10.3 Å². The first-order valence-corrected chi connectivity index (χ1v) is 10.7. The van der Waals surface area contributed by atoms with Crippen LogP contribution in [0.3, 0.4) is 0 Å². The Bertz CT molecular complexity index is 969. The predicted molar refractivity (Wildman–Crippen MR) is 114 cm³/mol. The molecule has 0 saturated heterocycles. The molecule has 34 heavy (non-hydrogen) atoms. The van der Waals surface area contributed by atoms with Gasteiger partial charge in [0.2, 0.25) is 0 Å². The van der Waals surface area contributed by atoms with Crippen molar-refractivity contribution in [2.24, 2.45) is 5.92 Å². The molecule has 1 saturated carbocycles. The molecule has 0 unspecified atom stereocenters. The Balaban J connectivity index is 1.60. The fraction of sp³-hybridized carbons (Fsp3) is 0.478. The van der Waals surface area contributed by atoms with E-state index in [9.17, 15) is 31.1 Å². The summed E-state index contributed by atoms with van der Waals surface area (Å²) in [6.07, 6.45) is -5.28. The molecule has 0 bridgehead atoms. The van der Waals surface area contributed by atoms with Crippen LogP contribution in [-0.4, -0.2) is 37.6 Å². The third kappa shape index (κ3) is 6.12. The maximum absolute atomic E-state index is 13.0. The summed E-state index contributed by atoms with van der Waals surface area (Å²) < 4.78 is 83.5. The first kappa shape index (κ1) is 25.6. The van der Waals surface area contributed by atoms with Crippen molar-refractivity contribution in [1.82, 2.24) is 10.3 Å². The molecular formula is C23H25F6N3O2. The van der Waals surface area contributed by atoms with Gasteiger partial charge in [0.05, 0.1) is 18.2 Å². The van der Waals surface area contributed by atoms with Gasteiger partial charge in [0.25, 0.3) is 5.91 Å². The lowest BCUT2D eigenvalue weighted by Crippen LogP contribution is -2.38. The Labute approximate surface area is 193 Å². The van der Waals surface area contributed by atoms with Crippen molar-refractivity contribution in [2.45, 2.75) is 44.1 Å². The van der Waals surface area contributed by atoms with Gasteiger partial charge in [-0.3, -0.25) is 4.79 Å². The van der Waals surface area contributed by atoms with E-state index in [1.807, 2.05) is 18.0 Å². The minimum Gasteiger partial charge on any atom is -0.493 e. The maximum Gasteiger partial charge on any atom is 0.416 e. The monoisotopic (exact) mass is 489 g/mol. The fourth-order valence-electron chi connectivity index (χ4n) is 4.14. The van der Waals surface area contributed by atoms with Crippen LogP contribution in [0.4, 0.5) is 32.2 Å². The molecule has 1 aliphatic rings. The van der Waals surface area contributed by atoms with Crippen molar-refractivity contribution in [2.75, 3.05) is 25.6 Å². The Kier molecular flexibility index (Phi) is 7.62. The second-order valence-corrected chi connectivity index (χ2v) is 8.32. The van der Waals surface area contributed by atoms with Crippen LogP contribution in [0, 0.1) is 5.92 Å². The number of amides is 1. The zero-order chi connectivity index (χ0) is 25.1. The van der Waals surface area contributed by atoms with Crippen molar-refractivity contribution in [1.29, 1.82) is 0 Å². The second-order valence-electron chi connectivity index (χ2n) is 8.32. The van der Waals surface area contributed by atoms with Crippen LogP contribution >= 0.6 is 0 Å². The van der Waals surface area contributed by atoms with E-state index in [1.165, 1.54) is 0 Å². The smallest absolute Gasteiger partial charge is 0.416 e. The molecule has 1 amide bonds. The van der Waals surface area contributed by atoms with E-state index in [4.69, 9.17) is 4.74 Å². The number of ether oxygens (including phenoxy) is 1. The molecule has 3 rings (SSSR count). The maximum atomic E-state index is 13.0. The van der Waals surface area contributed by atoms with Crippen LogP contribution in [-0.2, 0) is 12.4 Å². The molecule has 1 aliphatic carbocycles. The number of hydrogen-bond acceptors (Lipinski definition) is 4. The Morgan fingerprint density at radius 2 is 1.65 bits per heavy atom. The average molecular weight is 489 g/mol. The lowest BCUT2D eigenvalue weighted by atomic mass is 9.85. The van der Waals surface area contributed by atoms with E-state index in [0.717, 1.165) is 25.7 Å². The van der Waals surface area contributed by atoms with Crippen molar-refractivity contribution >= 4 is 11.7 Å². The molecule has 1 aromatic heterocycles. The summed E-state index contributed by atoms with van der Waals surface area (Å²) in [4.78, 5) is 18.8. The standard InChI is InChI=1S/C23H25F6N3O2/c1-32(20-19(34-2)4-3-9-30-20)18-7-5-14(6-8-18)13-31-21(33)15-10-16(22(24,25)26)12-17(11-15)23(27,28)29/h3-4,9-12,14,18H,5-8,13H2,1-2H3,(H,31,33)/t14-,18-. The topological polar surface area (TPSA) is 54.5 Å². The fourth-order valence-corrected chi connectivity index (χ4v) is 4.14. The highest BCUT2D eigenvalue weighted by Crippen LogP contribution is 2.36. The van der Waals surface area contributed by atoms with Crippen LogP contribution in [0.25, 0.3) is 0 Å². The van der Waals surface area contributed by atoms with Gasteiger partial charge in [-0.05, 0) is 61.9 Å². The zero-order valence-corrected chi connectivity index (χ0v) is 18.6. The molecule has 0 aliphatic heterocycles. The van der Waals surface area contributed by atoms with Gasteiger partial charge in [-0.25, -0.2) is 4.98 Å². The molecule has 2 aromatic rings. The van der Waals surface area contributed by atoms with Gasteiger partial charge in [-0.15, -0.1) is 0 Å². The van der Waals surface area contributed by atoms with Crippen LogP contribution < -0.4 is 15.0 Å². The van der Waals surface area contributed by atoms with Crippen LogP contribution in [0.1, 0.15) is 47.2 Å². The number of halogens is 6.